The molecular formula is C9H9ClFNO3. The Morgan fingerprint density at radius 2 is 2.40 bits per heavy atom. The Kier molecular flexibility index (Phi) is 4.30. The minimum Gasteiger partial charge on any atom is -0.461 e. The summed E-state index contributed by atoms with van der Waals surface area (Å²) in [5, 5.41) is 0.258. The molecule has 6 heteroatoms. The van der Waals surface area contributed by atoms with Crippen LogP contribution in [0.5, 0.6) is 5.75 Å². The topological polar surface area (TPSA) is 48.4 Å². The van der Waals surface area contributed by atoms with Crippen LogP contribution in [-0.4, -0.2) is 23.9 Å². The molecule has 15 heavy (non-hydrogen) atoms. The van der Waals surface area contributed by atoms with Crippen LogP contribution in [0.25, 0.3) is 0 Å². The van der Waals surface area contributed by atoms with Gasteiger partial charge in [-0.3, -0.25) is 0 Å². The SMILES string of the molecule is CCOC(=O)C(F)Oc1ccc(Cl)nc1. The summed E-state index contributed by atoms with van der Waals surface area (Å²) in [7, 11) is 0. The normalized spacial score (nSPS) is 11.9. The standard InChI is InChI=1S/C9H9ClFNO3/c1-2-14-9(13)8(11)15-6-3-4-7(10)12-5-6/h3-5,8H,2H2,1H3. The average Bonchev–Trinajstić information content (AvgIpc) is 2.22. The van der Waals surface area contributed by atoms with Gasteiger partial charge in [-0.1, -0.05) is 11.6 Å². The number of hydrogen-bond donors (Lipinski definition) is 0. The van der Waals surface area contributed by atoms with Gasteiger partial charge in [-0.2, -0.15) is 4.39 Å². The number of rotatable bonds is 4. The highest BCUT2D eigenvalue weighted by Gasteiger charge is 2.20. The Bertz CT molecular complexity index is 331. The predicted molar refractivity (Wildman–Crippen MR) is 51.4 cm³/mol. The molecule has 1 heterocycles. The van der Waals surface area contributed by atoms with Gasteiger partial charge in [0.2, 0.25) is 0 Å². The van der Waals surface area contributed by atoms with Crippen LogP contribution in [0, 0.1) is 0 Å². The number of alkyl halides is 1. The molecule has 1 aromatic heterocycles. The smallest absolute Gasteiger partial charge is 0.381 e. The van der Waals surface area contributed by atoms with Gasteiger partial charge in [0.1, 0.15) is 10.9 Å². The highest BCUT2D eigenvalue weighted by molar-refractivity contribution is 6.29. The summed E-state index contributed by atoms with van der Waals surface area (Å²) >= 11 is 5.51. The van der Waals surface area contributed by atoms with Crippen LogP contribution < -0.4 is 4.74 Å². The van der Waals surface area contributed by atoms with E-state index < -0.39 is 12.3 Å². The van der Waals surface area contributed by atoms with Gasteiger partial charge in [-0.15, -0.1) is 0 Å². The maximum atomic E-state index is 13.0. The fourth-order valence-corrected chi connectivity index (χ4v) is 0.919. The number of hydrogen-bond acceptors (Lipinski definition) is 4. The van der Waals surface area contributed by atoms with Crippen LogP contribution in [0.15, 0.2) is 18.3 Å². The van der Waals surface area contributed by atoms with E-state index in [1.165, 1.54) is 18.3 Å². The lowest BCUT2D eigenvalue weighted by Crippen LogP contribution is -2.24. The van der Waals surface area contributed by atoms with Crippen LogP contribution in [-0.2, 0) is 9.53 Å². The van der Waals surface area contributed by atoms with Crippen LogP contribution in [0.3, 0.4) is 0 Å². The highest BCUT2D eigenvalue weighted by atomic mass is 35.5. The van der Waals surface area contributed by atoms with E-state index in [2.05, 4.69) is 14.5 Å². The zero-order valence-electron chi connectivity index (χ0n) is 7.94. The number of halogens is 2. The molecular weight excluding hydrogens is 225 g/mol. The first-order chi connectivity index (χ1) is 7.13. The molecule has 0 aliphatic carbocycles. The second kappa shape index (κ2) is 5.50. The van der Waals surface area contributed by atoms with Gasteiger partial charge in [0.05, 0.1) is 12.8 Å². The lowest BCUT2D eigenvalue weighted by molar-refractivity contribution is -0.159. The molecule has 4 nitrogen and oxygen atoms in total. The number of pyridine rings is 1. The molecule has 1 rings (SSSR count). The molecule has 1 aromatic rings. The van der Waals surface area contributed by atoms with Crippen molar-refractivity contribution in [2.45, 2.75) is 13.3 Å². The van der Waals surface area contributed by atoms with Gasteiger partial charge >= 0.3 is 12.3 Å². The van der Waals surface area contributed by atoms with Crippen molar-refractivity contribution >= 4 is 17.6 Å². The van der Waals surface area contributed by atoms with Crippen LogP contribution in [0.1, 0.15) is 6.92 Å². The maximum absolute atomic E-state index is 13.0. The van der Waals surface area contributed by atoms with Gasteiger partial charge in [0, 0.05) is 0 Å². The molecule has 1 unspecified atom stereocenters. The Morgan fingerprint density at radius 1 is 1.67 bits per heavy atom. The third-order valence-electron chi connectivity index (χ3n) is 1.41. The Morgan fingerprint density at radius 3 is 2.93 bits per heavy atom. The summed E-state index contributed by atoms with van der Waals surface area (Å²) in [6.45, 7) is 1.68. The fourth-order valence-electron chi connectivity index (χ4n) is 0.807. The number of carbonyl (C=O) groups is 1. The highest BCUT2D eigenvalue weighted by Crippen LogP contribution is 2.14. The predicted octanol–water partition coefficient (Wildman–Crippen LogP) is 1.97. The molecule has 82 valence electrons. The molecule has 0 N–H and O–H groups in total. The van der Waals surface area contributed by atoms with Crippen LogP contribution in [0.2, 0.25) is 5.15 Å². The van der Waals surface area contributed by atoms with Gasteiger partial charge < -0.3 is 9.47 Å². The summed E-state index contributed by atoms with van der Waals surface area (Å²) in [5.74, 6) is -0.951. The summed E-state index contributed by atoms with van der Waals surface area (Å²) in [5.41, 5.74) is 0. The molecule has 0 aliphatic rings. The van der Waals surface area contributed by atoms with Crippen molar-refractivity contribution in [2.75, 3.05) is 6.61 Å². The molecule has 0 spiro atoms. The quantitative estimate of drug-likeness (QED) is 0.589. The van der Waals surface area contributed by atoms with Crippen molar-refractivity contribution < 1.29 is 18.7 Å². The van der Waals surface area contributed by atoms with E-state index in [4.69, 9.17) is 11.6 Å². The van der Waals surface area contributed by atoms with E-state index in [-0.39, 0.29) is 17.5 Å². The van der Waals surface area contributed by atoms with Crippen molar-refractivity contribution in [3.05, 3.63) is 23.5 Å². The number of carbonyl (C=O) groups excluding carboxylic acids is 1. The third kappa shape index (κ3) is 3.71. The molecule has 0 aromatic carbocycles. The largest absolute Gasteiger partial charge is 0.461 e. The molecule has 0 fully saturated rings. The van der Waals surface area contributed by atoms with Crippen molar-refractivity contribution in [3.8, 4) is 5.75 Å². The van der Waals surface area contributed by atoms with Crippen molar-refractivity contribution in [2.24, 2.45) is 0 Å². The van der Waals surface area contributed by atoms with Crippen LogP contribution in [0.4, 0.5) is 4.39 Å². The molecule has 0 aliphatic heterocycles. The van der Waals surface area contributed by atoms with E-state index in [1.54, 1.807) is 6.92 Å². The number of nitrogens with zero attached hydrogens (tertiary/aromatic N) is 1. The van der Waals surface area contributed by atoms with E-state index in [9.17, 15) is 9.18 Å². The first-order valence-corrected chi connectivity index (χ1v) is 4.60. The average molecular weight is 234 g/mol. The van der Waals surface area contributed by atoms with E-state index >= 15 is 0 Å². The number of aromatic nitrogens is 1. The molecule has 0 bridgehead atoms. The number of ether oxygens (including phenoxy) is 2. The summed E-state index contributed by atoms with van der Waals surface area (Å²) < 4.78 is 22.0. The van der Waals surface area contributed by atoms with Gasteiger partial charge in [-0.25, -0.2) is 9.78 Å². The number of esters is 1. The lowest BCUT2D eigenvalue weighted by atomic mass is 10.4. The molecule has 0 saturated carbocycles. The zero-order valence-corrected chi connectivity index (χ0v) is 8.70. The summed E-state index contributed by atoms with van der Waals surface area (Å²) in [6, 6.07) is 2.83. The lowest BCUT2D eigenvalue weighted by Gasteiger charge is -2.09. The van der Waals surface area contributed by atoms with Crippen molar-refractivity contribution in [1.29, 1.82) is 0 Å². The summed E-state index contributed by atoms with van der Waals surface area (Å²) in [4.78, 5) is 14.5. The first kappa shape index (κ1) is 11.7. The summed E-state index contributed by atoms with van der Waals surface area (Å²) in [6.07, 6.45) is -0.929. The molecule has 0 amide bonds. The fraction of sp³-hybridized carbons (Fsp3) is 0.333. The maximum Gasteiger partial charge on any atom is 0.381 e. The second-order valence-electron chi connectivity index (χ2n) is 2.50. The zero-order chi connectivity index (χ0) is 11.3. The monoisotopic (exact) mass is 233 g/mol. The van der Waals surface area contributed by atoms with Crippen molar-refractivity contribution in [1.82, 2.24) is 4.98 Å². The molecule has 0 saturated heterocycles. The van der Waals surface area contributed by atoms with Gasteiger partial charge in [-0.05, 0) is 19.1 Å². The Labute approximate surface area is 91.0 Å². The third-order valence-corrected chi connectivity index (χ3v) is 1.64. The second-order valence-corrected chi connectivity index (χ2v) is 2.89. The molecule has 0 radical (unpaired) electrons. The first-order valence-electron chi connectivity index (χ1n) is 4.22. The van der Waals surface area contributed by atoms with Gasteiger partial charge in [0.15, 0.2) is 0 Å². The van der Waals surface area contributed by atoms with E-state index in [0.29, 0.717) is 0 Å². The van der Waals surface area contributed by atoms with E-state index in [0.717, 1.165) is 0 Å². The molecule has 1 atom stereocenters. The minimum atomic E-state index is -2.15. The van der Waals surface area contributed by atoms with Gasteiger partial charge in [0.25, 0.3) is 0 Å². The Balaban J connectivity index is 2.54. The minimum absolute atomic E-state index is 0.0987. The van der Waals surface area contributed by atoms with Crippen LogP contribution >= 0.6 is 11.6 Å². The Hall–Kier alpha value is -1.36. The van der Waals surface area contributed by atoms with Crippen molar-refractivity contribution in [3.63, 3.8) is 0 Å². The van der Waals surface area contributed by atoms with E-state index in [1.807, 2.05) is 0 Å².